The van der Waals surface area contributed by atoms with Gasteiger partial charge in [0.15, 0.2) is 11.3 Å². The first-order valence-electron chi connectivity index (χ1n) is 7.90. The lowest BCUT2D eigenvalue weighted by molar-refractivity contribution is 0.0944. The molecule has 0 unspecified atom stereocenters. The van der Waals surface area contributed by atoms with Gasteiger partial charge in [-0.1, -0.05) is 12.1 Å². The molecule has 0 spiro atoms. The molecule has 7 nitrogen and oxygen atoms in total. The van der Waals surface area contributed by atoms with Gasteiger partial charge >= 0.3 is 0 Å². The molecular formula is C18H18N4O3. The van der Waals surface area contributed by atoms with Crippen LogP contribution in [0.3, 0.4) is 0 Å². The SMILES string of the molecule is CCn1c(=O)c(C(=O)NCc2cccc(OC)c2)nc2cccnc21. The van der Waals surface area contributed by atoms with E-state index < -0.39 is 11.5 Å². The molecule has 0 aliphatic rings. The molecule has 0 fully saturated rings. The molecule has 3 aromatic rings. The minimum absolute atomic E-state index is 0.134. The monoisotopic (exact) mass is 338 g/mol. The molecule has 1 amide bonds. The maximum atomic E-state index is 12.5. The standard InChI is InChI=1S/C18H18N4O3/c1-3-22-16-14(8-5-9-19-16)21-15(18(22)24)17(23)20-11-12-6-4-7-13(10-12)25-2/h4-10H,3,11H2,1-2H3,(H,20,23). The topological polar surface area (TPSA) is 86.1 Å². The van der Waals surface area contributed by atoms with E-state index in [1.165, 1.54) is 4.57 Å². The molecule has 7 heteroatoms. The fourth-order valence-electron chi connectivity index (χ4n) is 2.57. The van der Waals surface area contributed by atoms with Gasteiger partial charge in [-0.3, -0.25) is 14.2 Å². The van der Waals surface area contributed by atoms with Crippen LogP contribution in [0.2, 0.25) is 0 Å². The molecule has 2 aromatic heterocycles. The lowest BCUT2D eigenvalue weighted by Crippen LogP contribution is -2.34. The highest BCUT2D eigenvalue weighted by atomic mass is 16.5. The minimum Gasteiger partial charge on any atom is -0.497 e. The van der Waals surface area contributed by atoms with Gasteiger partial charge in [-0.2, -0.15) is 0 Å². The number of benzene rings is 1. The number of rotatable bonds is 5. The first-order valence-corrected chi connectivity index (χ1v) is 7.90. The largest absolute Gasteiger partial charge is 0.497 e. The number of amides is 1. The highest BCUT2D eigenvalue weighted by Crippen LogP contribution is 2.12. The number of ether oxygens (including phenoxy) is 1. The van der Waals surface area contributed by atoms with Crippen molar-refractivity contribution in [3.8, 4) is 5.75 Å². The Bertz CT molecular complexity index is 981. The third kappa shape index (κ3) is 3.35. The van der Waals surface area contributed by atoms with Gasteiger partial charge in [-0.05, 0) is 36.8 Å². The second-order valence-electron chi connectivity index (χ2n) is 5.39. The zero-order valence-electron chi connectivity index (χ0n) is 14.0. The van der Waals surface area contributed by atoms with Crippen LogP contribution >= 0.6 is 0 Å². The quantitative estimate of drug-likeness (QED) is 0.766. The Morgan fingerprint density at radius 2 is 2.12 bits per heavy atom. The maximum absolute atomic E-state index is 12.5. The Balaban J connectivity index is 1.89. The van der Waals surface area contributed by atoms with Crippen LogP contribution in [0.5, 0.6) is 5.75 Å². The summed E-state index contributed by atoms with van der Waals surface area (Å²) in [4.78, 5) is 33.4. The Labute approximate surface area is 144 Å². The molecule has 1 aromatic carbocycles. The molecule has 3 rings (SSSR count). The van der Waals surface area contributed by atoms with Crippen LogP contribution in [0.15, 0.2) is 47.4 Å². The van der Waals surface area contributed by atoms with E-state index >= 15 is 0 Å². The molecule has 0 saturated carbocycles. The normalized spacial score (nSPS) is 10.6. The van der Waals surface area contributed by atoms with Gasteiger partial charge in [0.2, 0.25) is 0 Å². The van der Waals surface area contributed by atoms with Crippen molar-refractivity contribution in [3.63, 3.8) is 0 Å². The fourth-order valence-corrected chi connectivity index (χ4v) is 2.57. The maximum Gasteiger partial charge on any atom is 0.283 e. The summed E-state index contributed by atoms with van der Waals surface area (Å²) in [6, 6.07) is 10.8. The predicted octanol–water partition coefficient (Wildman–Crippen LogP) is 1.75. The lowest BCUT2D eigenvalue weighted by Gasteiger charge is -2.10. The number of aromatic nitrogens is 3. The number of nitrogens with one attached hydrogen (secondary N) is 1. The van der Waals surface area contributed by atoms with Gasteiger partial charge in [-0.15, -0.1) is 0 Å². The van der Waals surface area contributed by atoms with Gasteiger partial charge < -0.3 is 10.1 Å². The van der Waals surface area contributed by atoms with Gasteiger partial charge in [-0.25, -0.2) is 9.97 Å². The van der Waals surface area contributed by atoms with Crippen molar-refractivity contribution in [2.45, 2.75) is 20.0 Å². The Kier molecular flexibility index (Phi) is 4.74. The molecule has 128 valence electrons. The Hall–Kier alpha value is -3.22. The van der Waals surface area contributed by atoms with Crippen LogP contribution < -0.4 is 15.6 Å². The van der Waals surface area contributed by atoms with Crippen molar-refractivity contribution in [2.24, 2.45) is 0 Å². The van der Waals surface area contributed by atoms with Crippen LogP contribution in [0.4, 0.5) is 0 Å². The van der Waals surface area contributed by atoms with Crippen LogP contribution in [0.1, 0.15) is 23.0 Å². The number of aryl methyl sites for hydroxylation is 1. The van der Waals surface area contributed by atoms with Crippen LogP contribution in [-0.2, 0) is 13.1 Å². The zero-order chi connectivity index (χ0) is 17.8. The second kappa shape index (κ2) is 7.12. The number of hydrogen-bond donors (Lipinski definition) is 1. The molecule has 2 heterocycles. The third-order valence-corrected chi connectivity index (χ3v) is 3.82. The van der Waals surface area contributed by atoms with E-state index in [1.807, 2.05) is 31.2 Å². The van der Waals surface area contributed by atoms with E-state index in [1.54, 1.807) is 25.4 Å². The van der Waals surface area contributed by atoms with E-state index in [0.29, 0.717) is 23.5 Å². The smallest absolute Gasteiger partial charge is 0.283 e. The van der Waals surface area contributed by atoms with Crippen LogP contribution in [-0.4, -0.2) is 27.6 Å². The molecule has 0 atom stereocenters. The molecule has 0 aliphatic carbocycles. The Morgan fingerprint density at radius 1 is 1.28 bits per heavy atom. The average Bonchev–Trinajstić information content (AvgIpc) is 2.65. The highest BCUT2D eigenvalue weighted by molar-refractivity contribution is 5.93. The summed E-state index contributed by atoms with van der Waals surface area (Å²) < 4.78 is 6.61. The zero-order valence-corrected chi connectivity index (χ0v) is 14.0. The molecule has 1 N–H and O–H groups in total. The van der Waals surface area contributed by atoms with Gasteiger partial charge in [0, 0.05) is 19.3 Å². The van der Waals surface area contributed by atoms with Crippen molar-refractivity contribution < 1.29 is 9.53 Å². The van der Waals surface area contributed by atoms with E-state index in [-0.39, 0.29) is 12.2 Å². The fraction of sp³-hybridized carbons (Fsp3) is 0.222. The molecule has 25 heavy (non-hydrogen) atoms. The molecule has 0 radical (unpaired) electrons. The minimum atomic E-state index is -0.513. The summed E-state index contributed by atoms with van der Waals surface area (Å²) in [7, 11) is 1.58. The number of nitrogens with zero attached hydrogens (tertiary/aromatic N) is 3. The molecule has 0 bridgehead atoms. The van der Waals surface area contributed by atoms with Crippen molar-refractivity contribution >= 4 is 17.1 Å². The number of hydrogen-bond acceptors (Lipinski definition) is 5. The molecular weight excluding hydrogens is 320 g/mol. The summed E-state index contributed by atoms with van der Waals surface area (Å²) in [5, 5.41) is 2.73. The van der Waals surface area contributed by atoms with E-state index in [4.69, 9.17) is 4.74 Å². The summed E-state index contributed by atoms with van der Waals surface area (Å²) in [6.45, 7) is 2.51. The summed E-state index contributed by atoms with van der Waals surface area (Å²) in [6.07, 6.45) is 1.60. The molecule has 0 aliphatic heterocycles. The summed E-state index contributed by atoms with van der Waals surface area (Å²) in [5.41, 5.74) is 1.27. The first-order chi connectivity index (χ1) is 12.1. The van der Waals surface area contributed by atoms with Gasteiger partial charge in [0.05, 0.1) is 7.11 Å². The van der Waals surface area contributed by atoms with Crippen molar-refractivity contribution in [1.82, 2.24) is 19.9 Å². The third-order valence-electron chi connectivity index (χ3n) is 3.82. The van der Waals surface area contributed by atoms with Gasteiger partial charge in [0.25, 0.3) is 11.5 Å². The lowest BCUT2D eigenvalue weighted by atomic mass is 10.2. The Morgan fingerprint density at radius 3 is 2.88 bits per heavy atom. The van der Waals surface area contributed by atoms with Crippen molar-refractivity contribution in [2.75, 3.05) is 7.11 Å². The number of fused-ring (bicyclic) bond motifs is 1. The second-order valence-corrected chi connectivity index (χ2v) is 5.39. The van der Waals surface area contributed by atoms with Crippen molar-refractivity contribution in [1.29, 1.82) is 0 Å². The van der Waals surface area contributed by atoms with Crippen molar-refractivity contribution in [3.05, 3.63) is 64.2 Å². The first kappa shape index (κ1) is 16.6. The van der Waals surface area contributed by atoms with E-state index in [9.17, 15) is 9.59 Å². The van der Waals surface area contributed by atoms with Crippen LogP contribution in [0, 0.1) is 0 Å². The average molecular weight is 338 g/mol. The highest BCUT2D eigenvalue weighted by Gasteiger charge is 2.17. The number of methoxy groups -OCH3 is 1. The predicted molar refractivity (Wildman–Crippen MR) is 93.6 cm³/mol. The summed E-state index contributed by atoms with van der Waals surface area (Å²) >= 11 is 0. The molecule has 0 saturated heterocycles. The summed E-state index contributed by atoms with van der Waals surface area (Å²) in [5.74, 6) is 0.191. The van der Waals surface area contributed by atoms with Crippen LogP contribution in [0.25, 0.3) is 11.2 Å². The number of carbonyl (C=O) groups excluding carboxylic acids is 1. The van der Waals surface area contributed by atoms with E-state index in [2.05, 4.69) is 15.3 Å². The number of pyridine rings is 1. The van der Waals surface area contributed by atoms with E-state index in [0.717, 1.165) is 5.56 Å². The van der Waals surface area contributed by atoms with Gasteiger partial charge in [0.1, 0.15) is 11.3 Å². The number of carbonyl (C=O) groups is 1.